The Kier molecular flexibility index (Phi) is 3.97. The molecule has 1 atom stereocenters. The van der Waals surface area contributed by atoms with E-state index in [0.29, 0.717) is 22.6 Å². The number of hydrogen-bond donors (Lipinski definition) is 1. The van der Waals surface area contributed by atoms with Gasteiger partial charge in [-0.25, -0.2) is 4.39 Å². The first-order chi connectivity index (χ1) is 9.17. The summed E-state index contributed by atoms with van der Waals surface area (Å²) >= 11 is 0. The lowest BCUT2D eigenvalue weighted by molar-refractivity contribution is 0.401. The summed E-state index contributed by atoms with van der Waals surface area (Å²) in [5, 5.41) is 0. The standard InChI is InChI=1S/C14H15FN2O2/c1-18-10-6-9(7-17-8-10)14(16)13-11(15)4-3-5-12(13)19-2/h3-8,14H,16H2,1-2H3. The molecule has 4 nitrogen and oxygen atoms in total. The molecule has 1 aromatic heterocycles. The summed E-state index contributed by atoms with van der Waals surface area (Å²) in [6.45, 7) is 0. The van der Waals surface area contributed by atoms with Crippen molar-refractivity contribution in [2.45, 2.75) is 6.04 Å². The number of ether oxygens (including phenoxy) is 2. The van der Waals surface area contributed by atoms with Crippen LogP contribution in [0.25, 0.3) is 0 Å². The zero-order valence-corrected chi connectivity index (χ0v) is 10.8. The number of pyridine rings is 1. The van der Waals surface area contributed by atoms with Gasteiger partial charge in [-0.1, -0.05) is 6.07 Å². The van der Waals surface area contributed by atoms with Crippen LogP contribution in [-0.4, -0.2) is 19.2 Å². The highest BCUT2D eigenvalue weighted by atomic mass is 19.1. The molecule has 19 heavy (non-hydrogen) atoms. The molecule has 0 fully saturated rings. The van der Waals surface area contributed by atoms with Gasteiger partial charge in [0.1, 0.15) is 17.3 Å². The minimum atomic E-state index is -0.668. The molecule has 1 unspecified atom stereocenters. The average molecular weight is 262 g/mol. The summed E-state index contributed by atoms with van der Waals surface area (Å²) in [5.74, 6) is 0.577. The predicted octanol–water partition coefficient (Wildman–Crippen LogP) is 2.29. The third-order valence-corrected chi connectivity index (χ3v) is 2.87. The molecular formula is C14H15FN2O2. The van der Waals surface area contributed by atoms with Crippen LogP contribution in [0.3, 0.4) is 0 Å². The van der Waals surface area contributed by atoms with E-state index in [0.717, 1.165) is 0 Å². The van der Waals surface area contributed by atoms with Crippen LogP contribution in [0.5, 0.6) is 11.5 Å². The van der Waals surface area contributed by atoms with Crippen LogP contribution < -0.4 is 15.2 Å². The zero-order valence-electron chi connectivity index (χ0n) is 10.8. The lowest BCUT2D eigenvalue weighted by atomic mass is 9.99. The van der Waals surface area contributed by atoms with Crippen molar-refractivity contribution in [2.75, 3.05) is 14.2 Å². The van der Waals surface area contributed by atoms with Gasteiger partial charge in [-0.2, -0.15) is 0 Å². The SMILES string of the molecule is COc1cncc(C(N)c2c(F)cccc2OC)c1. The average Bonchev–Trinajstić information content (AvgIpc) is 2.46. The second kappa shape index (κ2) is 5.67. The summed E-state index contributed by atoms with van der Waals surface area (Å²) in [4.78, 5) is 4.02. The van der Waals surface area contributed by atoms with Crippen LogP contribution in [0, 0.1) is 5.82 Å². The van der Waals surface area contributed by atoms with Crippen molar-refractivity contribution >= 4 is 0 Å². The molecule has 0 saturated heterocycles. The van der Waals surface area contributed by atoms with Gasteiger partial charge < -0.3 is 15.2 Å². The normalized spacial score (nSPS) is 12.0. The Balaban J connectivity index is 2.46. The number of aromatic nitrogens is 1. The van der Waals surface area contributed by atoms with Gasteiger partial charge in [-0.3, -0.25) is 4.98 Å². The highest BCUT2D eigenvalue weighted by Crippen LogP contribution is 2.31. The van der Waals surface area contributed by atoms with Gasteiger partial charge in [-0.15, -0.1) is 0 Å². The highest BCUT2D eigenvalue weighted by Gasteiger charge is 2.19. The summed E-state index contributed by atoms with van der Waals surface area (Å²) in [6, 6.07) is 5.66. The van der Waals surface area contributed by atoms with Crippen molar-refractivity contribution in [3.8, 4) is 11.5 Å². The number of rotatable bonds is 4. The Morgan fingerprint density at radius 1 is 1.21 bits per heavy atom. The van der Waals surface area contributed by atoms with E-state index in [1.165, 1.54) is 20.3 Å². The van der Waals surface area contributed by atoms with Crippen LogP contribution in [0.15, 0.2) is 36.7 Å². The molecule has 100 valence electrons. The quantitative estimate of drug-likeness (QED) is 0.918. The number of methoxy groups -OCH3 is 2. The van der Waals surface area contributed by atoms with Gasteiger partial charge in [-0.05, 0) is 23.8 Å². The summed E-state index contributed by atoms with van der Waals surface area (Å²) < 4.78 is 24.2. The molecule has 0 spiro atoms. The molecule has 0 aliphatic heterocycles. The van der Waals surface area contributed by atoms with Crippen molar-refractivity contribution in [3.63, 3.8) is 0 Å². The number of benzene rings is 1. The van der Waals surface area contributed by atoms with Crippen molar-refractivity contribution in [3.05, 3.63) is 53.6 Å². The largest absolute Gasteiger partial charge is 0.496 e. The fraction of sp³-hybridized carbons (Fsp3) is 0.214. The van der Waals surface area contributed by atoms with Crippen LogP contribution in [0.4, 0.5) is 4.39 Å². The first kappa shape index (κ1) is 13.3. The third-order valence-electron chi connectivity index (χ3n) is 2.87. The van der Waals surface area contributed by atoms with E-state index in [9.17, 15) is 4.39 Å². The monoisotopic (exact) mass is 262 g/mol. The van der Waals surface area contributed by atoms with Crippen LogP contribution in [0.1, 0.15) is 17.2 Å². The van der Waals surface area contributed by atoms with Gasteiger partial charge in [0.05, 0.1) is 32.0 Å². The lowest BCUT2D eigenvalue weighted by Crippen LogP contribution is -2.15. The van der Waals surface area contributed by atoms with E-state index in [2.05, 4.69) is 4.98 Å². The maximum Gasteiger partial charge on any atom is 0.137 e. The predicted molar refractivity (Wildman–Crippen MR) is 69.8 cm³/mol. The highest BCUT2D eigenvalue weighted by molar-refractivity contribution is 5.42. The van der Waals surface area contributed by atoms with Crippen molar-refractivity contribution in [1.82, 2.24) is 4.98 Å². The van der Waals surface area contributed by atoms with Crippen LogP contribution >= 0.6 is 0 Å². The van der Waals surface area contributed by atoms with E-state index in [4.69, 9.17) is 15.2 Å². The van der Waals surface area contributed by atoms with Crippen molar-refractivity contribution in [1.29, 1.82) is 0 Å². The Hall–Kier alpha value is -2.14. The summed E-state index contributed by atoms with van der Waals surface area (Å²) in [7, 11) is 3.02. The fourth-order valence-corrected chi connectivity index (χ4v) is 1.88. The maximum atomic E-state index is 13.9. The molecule has 2 N–H and O–H groups in total. The number of hydrogen-bond acceptors (Lipinski definition) is 4. The molecule has 1 heterocycles. The summed E-state index contributed by atoms with van der Waals surface area (Å²) in [5.41, 5.74) is 7.06. The van der Waals surface area contributed by atoms with Crippen LogP contribution in [0.2, 0.25) is 0 Å². The minimum absolute atomic E-state index is 0.306. The smallest absolute Gasteiger partial charge is 0.137 e. The molecule has 0 aliphatic carbocycles. The molecule has 0 saturated carbocycles. The number of halogens is 1. The molecule has 1 aromatic carbocycles. The lowest BCUT2D eigenvalue weighted by Gasteiger charge is -2.17. The van der Waals surface area contributed by atoms with Crippen LogP contribution in [-0.2, 0) is 0 Å². The van der Waals surface area contributed by atoms with E-state index < -0.39 is 11.9 Å². The van der Waals surface area contributed by atoms with Crippen molar-refractivity contribution < 1.29 is 13.9 Å². The fourth-order valence-electron chi connectivity index (χ4n) is 1.88. The van der Waals surface area contributed by atoms with Gasteiger partial charge in [0.15, 0.2) is 0 Å². The van der Waals surface area contributed by atoms with E-state index >= 15 is 0 Å². The van der Waals surface area contributed by atoms with E-state index in [1.807, 2.05) is 0 Å². The zero-order chi connectivity index (χ0) is 13.8. The van der Waals surface area contributed by atoms with E-state index in [-0.39, 0.29) is 0 Å². The van der Waals surface area contributed by atoms with Gasteiger partial charge in [0.2, 0.25) is 0 Å². The molecule has 5 heteroatoms. The van der Waals surface area contributed by atoms with Gasteiger partial charge in [0.25, 0.3) is 0 Å². The second-order valence-corrected chi connectivity index (χ2v) is 3.99. The molecule has 2 rings (SSSR count). The maximum absolute atomic E-state index is 13.9. The Morgan fingerprint density at radius 2 is 2.00 bits per heavy atom. The Labute approximate surface area is 111 Å². The number of nitrogens with zero attached hydrogens (tertiary/aromatic N) is 1. The van der Waals surface area contributed by atoms with Gasteiger partial charge in [0, 0.05) is 6.20 Å². The topological polar surface area (TPSA) is 57.4 Å². The molecule has 0 bridgehead atoms. The molecule has 0 aliphatic rings. The third kappa shape index (κ3) is 2.66. The van der Waals surface area contributed by atoms with Crippen molar-refractivity contribution in [2.24, 2.45) is 5.73 Å². The molecule has 0 amide bonds. The first-order valence-electron chi connectivity index (χ1n) is 5.74. The number of nitrogens with two attached hydrogens (primary N) is 1. The van der Waals surface area contributed by atoms with Gasteiger partial charge >= 0.3 is 0 Å². The second-order valence-electron chi connectivity index (χ2n) is 3.99. The Bertz CT molecular complexity index is 575. The minimum Gasteiger partial charge on any atom is -0.496 e. The molecule has 2 aromatic rings. The Morgan fingerprint density at radius 3 is 2.68 bits per heavy atom. The van der Waals surface area contributed by atoms with E-state index in [1.54, 1.807) is 30.6 Å². The summed E-state index contributed by atoms with van der Waals surface area (Å²) in [6.07, 6.45) is 3.15. The molecule has 0 radical (unpaired) electrons. The molecular weight excluding hydrogens is 247 g/mol. The first-order valence-corrected chi connectivity index (χ1v) is 5.74.